The van der Waals surface area contributed by atoms with E-state index in [-0.39, 0.29) is 12.2 Å². The molecular weight excluding hydrogens is 346 g/mol. The molecule has 0 bridgehead atoms. The van der Waals surface area contributed by atoms with Crippen LogP contribution in [0.4, 0.5) is 0 Å². The molecule has 2 rings (SSSR count). The maximum atomic E-state index is 12.1. The summed E-state index contributed by atoms with van der Waals surface area (Å²) in [5.41, 5.74) is 0.908. The predicted molar refractivity (Wildman–Crippen MR) is 103 cm³/mol. The molecule has 0 saturated heterocycles. The molecule has 0 aliphatic heterocycles. The van der Waals surface area contributed by atoms with Gasteiger partial charge in [0.05, 0.1) is 7.11 Å². The number of carbonyl (C=O) groups is 1. The zero-order valence-corrected chi connectivity index (χ0v) is 16.1. The third kappa shape index (κ3) is 5.86. The van der Waals surface area contributed by atoms with E-state index in [2.05, 4.69) is 24.1 Å². The van der Waals surface area contributed by atoms with Crippen molar-refractivity contribution in [2.24, 2.45) is 0 Å². The number of hydrogen-bond donors (Lipinski definition) is 1. The highest BCUT2D eigenvalue weighted by Gasteiger charge is 2.15. The van der Waals surface area contributed by atoms with Gasteiger partial charge in [-0.15, -0.1) is 0 Å². The maximum absolute atomic E-state index is 12.1. The van der Waals surface area contributed by atoms with E-state index in [4.69, 9.17) is 9.47 Å². The van der Waals surface area contributed by atoms with Gasteiger partial charge < -0.3 is 24.9 Å². The second kappa shape index (κ2) is 10.4. The number of methoxy groups -OCH3 is 1. The van der Waals surface area contributed by atoms with Crippen molar-refractivity contribution in [3.05, 3.63) is 59.1 Å². The van der Waals surface area contributed by atoms with Crippen molar-refractivity contribution in [2.45, 2.75) is 20.4 Å². The Morgan fingerprint density at radius 3 is 2.63 bits per heavy atom. The van der Waals surface area contributed by atoms with Crippen molar-refractivity contribution in [3.63, 3.8) is 0 Å². The van der Waals surface area contributed by atoms with Crippen LogP contribution in [-0.4, -0.2) is 44.2 Å². The summed E-state index contributed by atoms with van der Waals surface area (Å²) >= 11 is 0. The Morgan fingerprint density at radius 1 is 1.19 bits per heavy atom. The lowest BCUT2D eigenvalue weighted by atomic mass is 10.2. The van der Waals surface area contributed by atoms with Gasteiger partial charge in [0.25, 0.3) is 5.69 Å². The molecule has 0 aliphatic carbocycles. The summed E-state index contributed by atoms with van der Waals surface area (Å²) in [6.07, 6.45) is 1.29. The largest absolute Gasteiger partial charge is 0.618 e. The molecule has 1 aromatic carbocycles. The molecule has 1 N–H and O–H groups in total. The summed E-state index contributed by atoms with van der Waals surface area (Å²) in [7, 11) is 1.58. The van der Waals surface area contributed by atoms with Gasteiger partial charge in [-0.05, 0) is 36.9 Å². The summed E-state index contributed by atoms with van der Waals surface area (Å²) in [4.78, 5) is 14.4. The molecule has 1 amide bonds. The molecule has 7 nitrogen and oxygen atoms in total. The molecular formula is C20H27N3O4. The lowest BCUT2D eigenvalue weighted by molar-refractivity contribution is -0.607. The minimum atomic E-state index is -0.427. The molecule has 0 atom stereocenters. The molecule has 0 aliphatic rings. The SMILES string of the molecule is CCN(CC)CCOc1ccc(CNC(=O)c2cccc[n+]2[O-])cc1OC. The summed E-state index contributed by atoms with van der Waals surface area (Å²) < 4.78 is 11.8. The van der Waals surface area contributed by atoms with Crippen LogP contribution in [0.2, 0.25) is 0 Å². The van der Waals surface area contributed by atoms with E-state index in [1.165, 1.54) is 12.3 Å². The first-order valence-electron chi connectivity index (χ1n) is 9.07. The molecule has 0 radical (unpaired) electrons. The Kier molecular flexibility index (Phi) is 7.88. The van der Waals surface area contributed by atoms with Crippen LogP contribution in [0.3, 0.4) is 0 Å². The number of carbonyl (C=O) groups excluding carboxylic acids is 1. The highest BCUT2D eigenvalue weighted by atomic mass is 16.5. The highest BCUT2D eigenvalue weighted by molar-refractivity contribution is 5.90. The summed E-state index contributed by atoms with van der Waals surface area (Å²) in [6, 6.07) is 10.2. The van der Waals surface area contributed by atoms with E-state index in [9.17, 15) is 10.0 Å². The first-order chi connectivity index (χ1) is 13.1. The topological polar surface area (TPSA) is 77.7 Å². The van der Waals surface area contributed by atoms with E-state index in [0.717, 1.165) is 25.2 Å². The number of benzene rings is 1. The van der Waals surface area contributed by atoms with E-state index in [0.29, 0.717) is 22.8 Å². The number of nitrogens with zero attached hydrogens (tertiary/aromatic N) is 2. The van der Waals surface area contributed by atoms with Crippen molar-refractivity contribution in [3.8, 4) is 11.5 Å². The molecule has 2 aromatic rings. The van der Waals surface area contributed by atoms with Crippen LogP contribution >= 0.6 is 0 Å². The zero-order valence-electron chi connectivity index (χ0n) is 16.1. The molecule has 0 spiro atoms. The smallest absolute Gasteiger partial charge is 0.317 e. The van der Waals surface area contributed by atoms with Crippen LogP contribution in [0, 0.1) is 5.21 Å². The van der Waals surface area contributed by atoms with Gasteiger partial charge in [0.1, 0.15) is 6.61 Å². The highest BCUT2D eigenvalue weighted by Crippen LogP contribution is 2.28. The van der Waals surface area contributed by atoms with Gasteiger partial charge in [-0.3, -0.25) is 4.79 Å². The number of pyridine rings is 1. The van der Waals surface area contributed by atoms with Gasteiger partial charge in [-0.2, -0.15) is 4.73 Å². The average Bonchev–Trinajstić information content (AvgIpc) is 2.70. The number of amides is 1. The van der Waals surface area contributed by atoms with Crippen molar-refractivity contribution >= 4 is 5.91 Å². The van der Waals surface area contributed by atoms with Gasteiger partial charge in [0, 0.05) is 25.2 Å². The minimum Gasteiger partial charge on any atom is -0.618 e. The van der Waals surface area contributed by atoms with Gasteiger partial charge in [0.15, 0.2) is 17.7 Å². The standard InChI is InChI=1S/C20H27N3O4/c1-4-22(5-2)12-13-27-18-10-9-16(14-19(18)26-3)15-21-20(24)17-8-6-7-11-23(17)25/h6-11,14H,4-5,12-13,15H2,1-3H3,(H,21,24). The number of aromatic nitrogens is 1. The third-order valence-corrected chi connectivity index (χ3v) is 4.30. The van der Waals surface area contributed by atoms with Crippen LogP contribution in [0.25, 0.3) is 0 Å². The first kappa shape index (κ1) is 20.5. The summed E-state index contributed by atoms with van der Waals surface area (Å²) in [5.74, 6) is 0.851. The van der Waals surface area contributed by atoms with E-state index in [1.807, 2.05) is 18.2 Å². The molecule has 0 unspecified atom stereocenters. The van der Waals surface area contributed by atoms with Crippen molar-refractivity contribution in [1.29, 1.82) is 0 Å². The van der Waals surface area contributed by atoms with Crippen molar-refractivity contribution in [2.75, 3.05) is 33.4 Å². The fourth-order valence-electron chi connectivity index (χ4n) is 2.64. The Labute approximate surface area is 160 Å². The number of likely N-dealkylation sites (N-methyl/N-ethyl adjacent to an activating group) is 1. The minimum absolute atomic E-state index is 0.0563. The van der Waals surface area contributed by atoms with Crippen LogP contribution in [0.5, 0.6) is 11.5 Å². The Balaban J connectivity index is 1.95. The monoisotopic (exact) mass is 373 g/mol. The van der Waals surface area contributed by atoms with Crippen LogP contribution in [0.15, 0.2) is 42.6 Å². The number of ether oxygens (including phenoxy) is 2. The third-order valence-electron chi connectivity index (χ3n) is 4.30. The fourth-order valence-corrected chi connectivity index (χ4v) is 2.64. The van der Waals surface area contributed by atoms with Crippen LogP contribution in [-0.2, 0) is 6.54 Å². The van der Waals surface area contributed by atoms with Crippen LogP contribution < -0.4 is 19.5 Å². The van der Waals surface area contributed by atoms with Gasteiger partial charge in [0.2, 0.25) is 0 Å². The second-order valence-corrected chi connectivity index (χ2v) is 5.95. The zero-order chi connectivity index (χ0) is 19.6. The van der Waals surface area contributed by atoms with Gasteiger partial charge >= 0.3 is 5.91 Å². The van der Waals surface area contributed by atoms with Crippen molar-refractivity contribution < 1.29 is 19.0 Å². The second-order valence-electron chi connectivity index (χ2n) is 5.95. The fraction of sp³-hybridized carbons (Fsp3) is 0.400. The van der Waals surface area contributed by atoms with E-state index >= 15 is 0 Å². The Bertz CT molecular complexity index is 748. The van der Waals surface area contributed by atoms with E-state index in [1.54, 1.807) is 19.2 Å². The lowest BCUT2D eigenvalue weighted by Gasteiger charge is -2.19. The number of nitrogens with one attached hydrogen (secondary N) is 1. The predicted octanol–water partition coefficient (Wildman–Crippen LogP) is 1.98. The molecule has 0 saturated carbocycles. The molecule has 1 aromatic heterocycles. The molecule has 146 valence electrons. The maximum Gasteiger partial charge on any atom is 0.317 e. The molecule has 0 fully saturated rings. The quantitative estimate of drug-likeness (QED) is 0.509. The normalized spacial score (nSPS) is 10.7. The van der Waals surface area contributed by atoms with Crippen LogP contribution in [0.1, 0.15) is 29.9 Å². The molecule has 7 heteroatoms. The Hall–Kier alpha value is -2.80. The Morgan fingerprint density at radius 2 is 1.96 bits per heavy atom. The van der Waals surface area contributed by atoms with E-state index < -0.39 is 5.91 Å². The number of hydrogen-bond acceptors (Lipinski definition) is 5. The average molecular weight is 373 g/mol. The summed E-state index contributed by atoms with van der Waals surface area (Å²) in [5, 5.41) is 14.4. The lowest BCUT2D eigenvalue weighted by Crippen LogP contribution is -2.38. The van der Waals surface area contributed by atoms with Gasteiger partial charge in [-0.25, -0.2) is 0 Å². The molecule has 27 heavy (non-hydrogen) atoms. The summed E-state index contributed by atoms with van der Waals surface area (Å²) in [6.45, 7) is 7.92. The first-order valence-corrected chi connectivity index (χ1v) is 9.07. The number of rotatable bonds is 10. The van der Waals surface area contributed by atoms with Crippen molar-refractivity contribution in [1.82, 2.24) is 10.2 Å². The van der Waals surface area contributed by atoms with Gasteiger partial charge in [-0.1, -0.05) is 19.9 Å². The molecule has 1 heterocycles.